The molecule has 6 nitrogen and oxygen atoms in total. The van der Waals surface area contributed by atoms with Crippen molar-refractivity contribution >= 4 is 6.09 Å². The molecule has 0 saturated carbocycles. The number of ether oxygens (including phenoxy) is 3. The average molecular weight is 379 g/mol. The molecule has 0 aromatic carbocycles. The molecule has 1 aliphatic heterocycles. The van der Waals surface area contributed by atoms with E-state index in [0.717, 1.165) is 0 Å². The highest BCUT2D eigenvalue weighted by molar-refractivity contribution is 5.69. The third kappa shape index (κ3) is 6.41. The van der Waals surface area contributed by atoms with Gasteiger partial charge in [-0.15, -0.1) is 12.3 Å². The van der Waals surface area contributed by atoms with Crippen molar-refractivity contribution in [1.82, 2.24) is 4.90 Å². The van der Waals surface area contributed by atoms with Crippen molar-refractivity contribution in [3.05, 3.63) is 18.1 Å². The summed E-state index contributed by atoms with van der Waals surface area (Å²) in [6, 6.07) is -0.0910. The van der Waals surface area contributed by atoms with Gasteiger partial charge in [-0.25, -0.2) is 4.79 Å². The van der Waals surface area contributed by atoms with Crippen molar-refractivity contribution in [2.45, 2.75) is 78.4 Å². The van der Waals surface area contributed by atoms with E-state index in [0.29, 0.717) is 19.6 Å². The number of nitrogens with zero attached hydrogens (tertiary/aromatic N) is 1. The zero-order valence-corrected chi connectivity index (χ0v) is 17.4. The molecule has 0 aliphatic carbocycles. The van der Waals surface area contributed by atoms with E-state index >= 15 is 0 Å². The van der Waals surface area contributed by atoms with E-state index in [4.69, 9.17) is 20.6 Å². The van der Waals surface area contributed by atoms with Crippen molar-refractivity contribution in [2.24, 2.45) is 5.41 Å². The van der Waals surface area contributed by atoms with Gasteiger partial charge in [-0.2, -0.15) is 0 Å². The molecule has 27 heavy (non-hydrogen) atoms. The third-order valence-corrected chi connectivity index (χ3v) is 4.55. The molecular weight excluding hydrogens is 346 g/mol. The largest absolute Gasteiger partial charge is 0.416 e. The van der Waals surface area contributed by atoms with E-state index in [1.54, 1.807) is 4.90 Å². The lowest BCUT2D eigenvalue weighted by Gasteiger charge is -2.43. The van der Waals surface area contributed by atoms with Gasteiger partial charge in [0, 0.05) is 23.9 Å². The van der Waals surface area contributed by atoms with Crippen LogP contribution in [0.5, 0.6) is 0 Å². The summed E-state index contributed by atoms with van der Waals surface area (Å²) in [5.74, 6) is 1.91. The molecule has 1 amide bonds. The van der Waals surface area contributed by atoms with E-state index < -0.39 is 23.4 Å². The summed E-state index contributed by atoms with van der Waals surface area (Å²) in [5, 5.41) is 10.7. The second-order valence-corrected chi connectivity index (χ2v) is 8.08. The van der Waals surface area contributed by atoms with Gasteiger partial charge in [0.05, 0.1) is 13.2 Å². The number of amides is 1. The zero-order valence-electron chi connectivity index (χ0n) is 17.4. The molecule has 1 N–H and O–H groups in total. The Morgan fingerprint density at radius 3 is 2.19 bits per heavy atom. The Kier molecular flexibility index (Phi) is 8.13. The minimum absolute atomic E-state index is 0.0208. The fourth-order valence-corrected chi connectivity index (χ4v) is 3.14. The SMILES string of the molecule is C#CCC1(CC(O)C(=C=C)OC(=O)N(C(C)C)C(C)C)COC(C)(C)OC1. The molecule has 0 radical (unpaired) electrons. The van der Waals surface area contributed by atoms with Crippen LogP contribution in [0.25, 0.3) is 0 Å². The van der Waals surface area contributed by atoms with E-state index in [2.05, 4.69) is 18.2 Å². The molecule has 152 valence electrons. The fraction of sp³-hybridized carbons (Fsp3) is 0.714. The second-order valence-electron chi connectivity index (χ2n) is 8.08. The Bertz CT molecular complexity index is 593. The summed E-state index contributed by atoms with van der Waals surface area (Å²) in [5.41, 5.74) is 1.97. The first kappa shape index (κ1) is 23.3. The molecule has 1 fully saturated rings. The summed E-state index contributed by atoms with van der Waals surface area (Å²) < 4.78 is 16.9. The number of aliphatic hydroxyl groups is 1. The first-order chi connectivity index (χ1) is 12.5. The highest BCUT2D eigenvalue weighted by atomic mass is 16.7. The molecule has 1 atom stereocenters. The molecule has 1 unspecified atom stereocenters. The molecular formula is C21H33NO5. The van der Waals surface area contributed by atoms with Gasteiger partial charge in [-0.3, -0.25) is 0 Å². The second kappa shape index (κ2) is 9.43. The lowest BCUT2D eigenvalue weighted by molar-refractivity contribution is -0.288. The maximum Gasteiger partial charge on any atom is 0.416 e. The van der Waals surface area contributed by atoms with Gasteiger partial charge in [-0.1, -0.05) is 12.3 Å². The Morgan fingerprint density at radius 1 is 1.26 bits per heavy atom. The van der Waals surface area contributed by atoms with E-state index in [-0.39, 0.29) is 24.3 Å². The van der Waals surface area contributed by atoms with Crippen LogP contribution >= 0.6 is 0 Å². The number of carbonyl (C=O) groups excluding carboxylic acids is 1. The van der Waals surface area contributed by atoms with Crippen LogP contribution in [-0.4, -0.2) is 53.3 Å². The minimum atomic E-state index is -1.10. The average Bonchev–Trinajstić information content (AvgIpc) is 2.55. The molecule has 1 heterocycles. The molecule has 0 aromatic rings. The number of rotatable bonds is 7. The normalized spacial score (nSPS) is 19.1. The number of hydrogen-bond acceptors (Lipinski definition) is 5. The number of carbonyl (C=O) groups is 1. The highest BCUT2D eigenvalue weighted by Gasteiger charge is 2.42. The van der Waals surface area contributed by atoms with Gasteiger partial charge in [0.1, 0.15) is 6.10 Å². The fourth-order valence-electron chi connectivity index (χ4n) is 3.14. The minimum Gasteiger partial charge on any atom is -0.403 e. The maximum absolute atomic E-state index is 12.5. The van der Waals surface area contributed by atoms with Crippen molar-refractivity contribution < 1.29 is 24.1 Å². The van der Waals surface area contributed by atoms with Crippen LogP contribution < -0.4 is 0 Å². The van der Waals surface area contributed by atoms with Gasteiger partial charge >= 0.3 is 6.09 Å². The van der Waals surface area contributed by atoms with Crippen LogP contribution in [0.15, 0.2) is 18.1 Å². The van der Waals surface area contributed by atoms with Gasteiger partial charge in [0.15, 0.2) is 11.5 Å². The first-order valence-corrected chi connectivity index (χ1v) is 9.26. The lowest BCUT2D eigenvalue weighted by Crippen LogP contribution is -2.48. The van der Waals surface area contributed by atoms with E-state index in [9.17, 15) is 9.90 Å². The van der Waals surface area contributed by atoms with Crippen LogP contribution in [0.4, 0.5) is 4.79 Å². The number of aliphatic hydroxyl groups excluding tert-OH is 1. The zero-order chi connectivity index (χ0) is 20.8. The highest BCUT2D eigenvalue weighted by Crippen LogP contribution is 2.37. The van der Waals surface area contributed by atoms with E-state index in [1.165, 1.54) is 0 Å². The Hall–Kier alpha value is -1.77. The molecule has 0 bridgehead atoms. The summed E-state index contributed by atoms with van der Waals surface area (Å²) in [6.07, 6.45) is 4.44. The Labute approximate surface area is 163 Å². The smallest absolute Gasteiger partial charge is 0.403 e. The quantitative estimate of drug-likeness (QED) is 0.417. The standard InChI is InChI=1S/C21H33NO5/c1-9-11-21(13-25-20(7,8)26-14-21)12-17(23)18(10-2)27-19(24)22(15(3)4)16(5)6/h1,15-17,23H,2,11-14H2,3-8H3. The van der Waals surface area contributed by atoms with Crippen molar-refractivity contribution in [1.29, 1.82) is 0 Å². The van der Waals surface area contributed by atoms with Crippen LogP contribution in [0.2, 0.25) is 0 Å². The molecule has 0 aromatic heterocycles. The number of hydrogen-bond donors (Lipinski definition) is 1. The van der Waals surface area contributed by atoms with Gasteiger partial charge in [0.25, 0.3) is 0 Å². The topological polar surface area (TPSA) is 68.2 Å². The first-order valence-electron chi connectivity index (χ1n) is 9.26. The maximum atomic E-state index is 12.5. The molecule has 0 spiro atoms. The predicted molar refractivity (Wildman–Crippen MR) is 104 cm³/mol. The predicted octanol–water partition coefficient (Wildman–Crippen LogP) is 3.45. The Balaban J connectivity index is 2.88. The third-order valence-electron chi connectivity index (χ3n) is 4.55. The van der Waals surface area contributed by atoms with Gasteiger partial charge in [-0.05, 0) is 48.0 Å². The van der Waals surface area contributed by atoms with Crippen LogP contribution in [0.1, 0.15) is 54.4 Å². The molecule has 1 saturated heterocycles. The van der Waals surface area contributed by atoms with Crippen molar-refractivity contribution in [3.8, 4) is 12.3 Å². The van der Waals surface area contributed by atoms with Gasteiger partial charge < -0.3 is 24.2 Å². The monoisotopic (exact) mass is 379 g/mol. The molecule has 1 rings (SSSR count). The molecule has 6 heteroatoms. The number of terminal acetylenes is 1. The van der Waals surface area contributed by atoms with Crippen molar-refractivity contribution in [3.63, 3.8) is 0 Å². The Morgan fingerprint density at radius 2 is 1.78 bits per heavy atom. The van der Waals surface area contributed by atoms with Crippen LogP contribution in [-0.2, 0) is 14.2 Å². The van der Waals surface area contributed by atoms with Crippen molar-refractivity contribution in [2.75, 3.05) is 13.2 Å². The lowest BCUT2D eigenvalue weighted by atomic mass is 9.79. The summed E-state index contributed by atoms with van der Waals surface area (Å²) in [7, 11) is 0. The van der Waals surface area contributed by atoms with Gasteiger partial charge in [0.2, 0.25) is 0 Å². The van der Waals surface area contributed by atoms with E-state index in [1.807, 2.05) is 41.5 Å². The summed E-state index contributed by atoms with van der Waals surface area (Å²) >= 11 is 0. The molecule has 1 aliphatic rings. The van der Waals surface area contributed by atoms with Crippen LogP contribution in [0.3, 0.4) is 0 Å². The summed E-state index contributed by atoms with van der Waals surface area (Å²) in [4.78, 5) is 14.1. The summed E-state index contributed by atoms with van der Waals surface area (Å²) in [6.45, 7) is 15.5. The van der Waals surface area contributed by atoms with Crippen LogP contribution in [0, 0.1) is 17.8 Å².